The highest BCUT2D eigenvalue weighted by atomic mass is 35.5. The summed E-state index contributed by atoms with van der Waals surface area (Å²) in [7, 11) is 1.93. The van der Waals surface area contributed by atoms with Crippen LogP contribution >= 0.6 is 11.6 Å². The maximum Gasteiger partial charge on any atom is 0.257 e. The smallest absolute Gasteiger partial charge is 0.257 e. The van der Waals surface area contributed by atoms with Gasteiger partial charge in [0.05, 0.1) is 5.56 Å². The first-order valence-corrected chi connectivity index (χ1v) is 7.05. The van der Waals surface area contributed by atoms with Gasteiger partial charge in [-0.2, -0.15) is 0 Å². The molecule has 0 radical (unpaired) electrons. The van der Waals surface area contributed by atoms with Crippen molar-refractivity contribution in [2.75, 3.05) is 5.32 Å². The lowest BCUT2D eigenvalue weighted by Gasteiger charge is -2.08. The molecule has 0 unspecified atom stereocenters. The van der Waals surface area contributed by atoms with E-state index in [0.717, 1.165) is 22.2 Å². The predicted molar refractivity (Wildman–Crippen MR) is 87.1 cm³/mol. The maximum absolute atomic E-state index is 12.5. The van der Waals surface area contributed by atoms with E-state index in [-0.39, 0.29) is 5.91 Å². The molecule has 1 N–H and O–H groups in total. The fourth-order valence-electron chi connectivity index (χ4n) is 2.44. The van der Waals surface area contributed by atoms with Crippen molar-refractivity contribution >= 4 is 34.1 Å². The van der Waals surface area contributed by atoms with Crippen LogP contribution in [0.1, 0.15) is 15.9 Å². The average molecular weight is 299 g/mol. The monoisotopic (exact) mass is 298 g/mol. The summed E-state index contributed by atoms with van der Waals surface area (Å²) in [5, 5.41) is 4.48. The molecular formula is C17H15ClN2O. The van der Waals surface area contributed by atoms with Gasteiger partial charge in [-0.1, -0.05) is 35.9 Å². The number of hydrogen-bond donors (Lipinski definition) is 1. The second-order valence-corrected chi connectivity index (χ2v) is 5.52. The van der Waals surface area contributed by atoms with E-state index in [1.165, 1.54) is 0 Å². The Labute approximate surface area is 128 Å². The van der Waals surface area contributed by atoms with Crippen LogP contribution in [-0.2, 0) is 7.05 Å². The molecule has 0 bridgehead atoms. The van der Waals surface area contributed by atoms with Crippen LogP contribution < -0.4 is 5.32 Å². The zero-order valence-corrected chi connectivity index (χ0v) is 12.6. The van der Waals surface area contributed by atoms with Crippen LogP contribution in [0.25, 0.3) is 10.9 Å². The number of nitrogens with zero attached hydrogens (tertiary/aromatic N) is 1. The SMILES string of the molecule is Cc1ccc(Cl)cc1NC(=O)c1cn(C)c2ccccc12. The highest BCUT2D eigenvalue weighted by Gasteiger charge is 2.14. The molecule has 3 nitrogen and oxygen atoms in total. The second kappa shape index (κ2) is 5.26. The third kappa shape index (κ3) is 2.52. The molecule has 0 spiro atoms. The molecule has 4 heteroatoms. The number of carbonyl (C=O) groups excluding carboxylic acids is 1. The van der Waals surface area contributed by atoms with Crippen LogP contribution in [0.2, 0.25) is 5.02 Å². The lowest BCUT2D eigenvalue weighted by molar-refractivity contribution is 0.102. The van der Waals surface area contributed by atoms with Crippen molar-refractivity contribution in [3.8, 4) is 0 Å². The molecular weight excluding hydrogens is 284 g/mol. The van der Waals surface area contributed by atoms with Gasteiger partial charge in [0.2, 0.25) is 0 Å². The van der Waals surface area contributed by atoms with Crippen molar-refractivity contribution in [2.24, 2.45) is 7.05 Å². The summed E-state index contributed by atoms with van der Waals surface area (Å²) >= 11 is 5.99. The molecule has 2 aromatic carbocycles. The number of carbonyl (C=O) groups is 1. The van der Waals surface area contributed by atoms with E-state index in [1.807, 2.05) is 61.1 Å². The van der Waals surface area contributed by atoms with Crippen LogP contribution in [0.3, 0.4) is 0 Å². The number of anilines is 1. The Balaban J connectivity index is 2.00. The van der Waals surface area contributed by atoms with Crippen molar-refractivity contribution in [1.82, 2.24) is 4.57 Å². The molecule has 21 heavy (non-hydrogen) atoms. The minimum absolute atomic E-state index is 0.128. The molecule has 0 aliphatic rings. The van der Waals surface area contributed by atoms with E-state index in [4.69, 9.17) is 11.6 Å². The van der Waals surface area contributed by atoms with E-state index in [9.17, 15) is 4.79 Å². The Morgan fingerprint density at radius 1 is 1.19 bits per heavy atom. The van der Waals surface area contributed by atoms with Crippen LogP contribution in [0.4, 0.5) is 5.69 Å². The Hall–Kier alpha value is -2.26. The summed E-state index contributed by atoms with van der Waals surface area (Å²) < 4.78 is 1.95. The largest absolute Gasteiger partial charge is 0.350 e. The van der Waals surface area contributed by atoms with E-state index < -0.39 is 0 Å². The fourth-order valence-corrected chi connectivity index (χ4v) is 2.61. The van der Waals surface area contributed by atoms with Gasteiger partial charge in [-0.15, -0.1) is 0 Å². The van der Waals surface area contributed by atoms with E-state index in [2.05, 4.69) is 5.32 Å². The lowest BCUT2D eigenvalue weighted by Crippen LogP contribution is -2.12. The highest BCUT2D eigenvalue weighted by molar-refractivity contribution is 6.31. The number of para-hydroxylation sites is 1. The summed E-state index contributed by atoms with van der Waals surface area (Å²) in [5.74, 6) is -0.128. The Morgan fingerprint density at radius 3 is 2.76 bits per heavy atom. The van der Waals surface area contributed by atoms with Crippen molar-refractivity contribution < 1.29 is 4.79 Å². The molecule has 0 aliphatic carbocycles. The summed E-state index contributed by atoms with van der Waals surface area (Å²) in [4.78, 5) is 12.5. The number of fused-ring (bicyclic) bond motifs is 1. The Bertz CT molecular complexity index is 836. The number of hydrogen-bond acceptors (Lipinski definition) is 1. The van der Waals surface area contributed by atoms with Crippen molar-refractivity contribution in [3.05, 3.63) is 64.8 Å². The van der Waals surface area contributed by atoms with Gasteiger partial charge in [-0.3, -0.25) is 4.79 Å². The number of amides is 1. The minimum atomic E-state index is -0.128. The van der Waals surface area contributed by atoms with Gasteiger partial charge >= 0.3 is 0 Å². The summed E-state index contributed by atoms with van der Waals surface area (Å²) in [6.07, 6.45) is 1.85. The zero-order chi connectivity index (χ0) is 15.0. The van der Waals surface area contributed by atoms with Gasteiger partial charge in [0, 0.05) is 34.9 Å². The van der Waals surface area contributed by atoms with Crippen molar-refractivity contribution in [1.29, 1.82) is 0 Å². The maximum atomic E-state index is 12.5. The summed E-state index contributed by atoms with van der Waals surface area (Å²) in [6.45, 7) is 1.94. The first kappa shape index (κ1) is 13.7. The van der Waals surface area contributed by atoms with Gasteiger partial charge in [-0.05, 0) is 30.7 Å². The third-order valence-corrected chi connectivity index (χ3v) is 3.82. The Morgan fingerprint density at radius 2 is 1.95 bits per heavy atom. The molecule has 3 rings (SSSR count). The van der Waals surface area contributed by atoms with E-state index >= 15 is 0 Å². The third-order valence-electron chi connectivity index (χ3n) is 3.59. The number of halogens is 1. The fraction of sp³-hybridized carbons (Fsp3) is 0.118. The van der Waals surface area contributed by atoms with Crippen molar-refractivity contribution in [3.63, 3.8) is 0 Å². The lowest BCUT2D eigenvalue weighted by atomic mass is 10.1. The molecule has 1 amide bonds. The molecule has 1 aromatic heterocycles. The minimum Gasteiger partial charge on any atom is -0.350 e. The average Bonchev–Trinajstić information content (AvgIpc) is 2.81. The molecule has 0 atom stereocenters. The normalized spacial score (nSPS) is 10.8. The number of aryl methyl sites for hydroxylation is 2. The van der Waals surface area contributed by atoms with Crippen LogP contribution in [0.5, 0.6) is 0 Å². The molecule has 0 saturated heterocycles. The topological polar surface area (TPSA) is 34.0 Å². The molecule has 0 saturated carbocycles. The van der Waals surface area contributed by atoms with E-state index in [1.54, 1.807) is 6.07 Å². The van der Waals surface area contributed by atoms with Gasteiger partial charge in [0.15, 0.2) is 0 Å². The van der Waals surface area contributed by atoms with Crippen molar-refractivity contribution in [2.45, 2.75) is 6.92 Å². The molecule has 1 heterocycles. The first-order valence-electron chi connectivity index (χ1n) is 6.68. The van der Waals surface area contributed by atoms with Crippen LogP contribution in [0, 0.1) is 6.92 Å². The number of aromatic nitrogens is 1. The molecule has 0 fully saturated rings. The molecule has 0 aliphatic heterocycles. The zero-order valence-electron chi connectivity index (χ0n) is 11.9. The van der Waals surface area contributed by atoms with Gasteiger partial charge in [0.25, 0.3) is 5.91 Å². The first-order chi connectivity index (χ1) is 10.1. The standard InChI is InChI=1S/C17H15ClN2O/c1-11-7-8-12(18)9-15(11)19-17(21)14-10-20(2)16-6-4-3-5-13(14)16/h3-10H,1-2H3,(H,19,21). The second-order valence-electron chi connectivity index (χ2n) is 5.08. The van der Waals surface area contributed by atoms with Crippen LogP contribution in [0.15, 0.2) is 48.7 Å². The summed E-state index contributed by atoms with van der Waals surface area (Å²) in [6, 6.07) is 13.3. The highest BCUT2D eigenvalue weighted by Crippen LogP contribution is 2.24. The number of benzene rings is 2. The number of rotatable bonds is 2. The predicted octanol–water partition coefficient (Wildman–Crippen LogP) is 4.39. The van der Waals surface area contributed by atoms with Gasteiger partial charge < -0.3 is 9.88 Å². The molecule has 3 aromatic rings. The van der Waals surface area contributed by atoms with E-state index in [0.29, 0.717) is 10.6 Å². The quantitative estimate of drug-likeness (QED) is 0.748. The molecule has 106 valence electrons. The van der Waals surface area contributed by atoms with Gasteiger partial charge in [-0.25, -0.2) is 0 Å². The summed E-state index contributed by atoms with van der Waals surface area (Å²) in [5.41, 5.74) is 3.41. The van der Waals surface area contributed by atoms with Crippen LogP contribution in [-0.4, -0.2) is 10.5 Å². The van der Waals surface area contributed by atoms with Gasteiger partial charge in [0.1, 0.15) is 0 Å². The Kier molecular flexibility index (Phi) is 3.43. The number of nitrogens with one attached hydrogen (secondary N) is 1.